The minimum absolute atomic E-state index is 0.0251. The molecule has 1 aliphatic carbocycles. The maximum absolute atomic E-state index is 11.4. The van der Waals surface area contributed by atoms with E-state index in [9.17, 15) is 9.90 Å². The molecular weight excluding hydrogens is 647 g/mol. The Bertz CT molecular complexity index is 1150. The minimum Gasteiger partial charge on any atom is -0.480 e. The molecule has 0 bridgehead atoms. The van der Waals surface area contributed by atoms with Gasteiger partial charge in [-0.15, -0.1) is 0 Å². The van der Waals surface area contributed by atoms with Crippen LogP contribution in [0.15, 0.2) is 59.4 Å². The topological polar surface area (TPSA) is 107 Å². The summed E-state index contributed by atoms with van der Waals surface area (Å²) in [6.45, 7) is 14.0. The van der Waals surface area contributed by atoms with E-state index in [-0.39, 0.29) is 38.3 Å². The number of ether oxygens (including phenoxy) is 3. The van der Waals surface area contributed by atoms with Gasteiger partial charge in [-0.05, 0) is 18.9 Å². The van der Waals surface area contributed by atoms with Gasteiger partial charge in [-0.25, -0.2) is 4.79 Å². The zero-order valence-electron chi connectivity index (χ0n) is 26.3. The van der Waals surface area contributed by atoms with E-state index in [0.29, 0.717) is 31.5 Å². The summed E-state index contributed by atoms with van der Waals surface area (Å²) in [4.78, 5) is 11.4. The first-order valence-corrected chi connectivity index (χ1v) is 17.2. The molecule has 0 saturated heterocycles. The Morgan fingerprint density at radius 1 is 1.31 bits per heavy atom. The molecule has 3 N–H and O–H groups in total. The van der Waals surface area contributed by atoms with Crippen LogP contribution in [-0.4, -0.2) is 66.0 Å². The third-order valence-corrected chi connectivity index (χ3v) is 8.76. The van der Waals surface area contributed by atoms with E-state index >= 15 is 0 Å². The van der Waals surface area contributed by atoms with E-state index < -0.39 is 5.97 Å². The molecule has 0 spiro atoms. The Kier molecular flexibility index (Phi) is 16.2. The molecule has 1 aromatic heterocycles. The summed E-state index contributed by atoms with van der Waals surface area (Å²) in [6.07, 6.45) is 17.7. The van der Waals surface area contributed by atoms with Crippen molar-refractivity contribution in [1.82, 2.24) is 18.6 Å². The van der Waals surface area contributed by atoms with Crippen LogP contribution in [-0.2, 0) is 9.47 Å². The van der Waals surface area contributed by atoms with E-state index in [0.717, 1.165) is 36.8 Å². The van der Waals surface area contributed by atoms with Gasteiger partial charge in [0.15, 0.2) is 0 Å². The average Bonchev–Trinajstić information content (AvgIpc) is 3.39. The van der Waals surface area contributed by atoms with Crippen molar-refractivity contribution < 1.29 is 45.6 Å². The Morgan fingerprint density at radius 3 is 2.76 bits per heavy atom. The first-order chi connectivity index (χ1) is 20.2. The van der Waals surface area contributed by atoms with E-state index in [1.165, 1.54) is 34.7 Å². The van der Waals surface area contributed by atoms with Crippen LogP contribution in [0.5, 0.6) is 5.88 Å². The van der Waals surface area contributed by atoms with Crippen molar-refractivity contribution in [3.05, 3.63) is 64.9 Å². The van der Waals surface area contributed by atoms with Gasteiger partial charge in [-0.3, -0.25) is 0 Å². The number of allylic oxidation sites excluding steroid dienone is 4. The standard InChI is InChI=1S/C32H50IN4O5/c1-8-14-29(37-30(41-7)28(20-36-37)31(38)39)34-16-13-11-10-12-15-24(3)21-42-22-32(5)17-25(4)27(26(9-2)18-32)19-35-33-23-40-6/h10-12,14-15,17,20,24,34-35H,8-9,13,16,18-19,21-23H2,1-7H3,(H,38,39)/q-1/b11-10+,15-12-,29-14+/t24-,32?/m0/s1. The van der Waals surface area contributed by atoms with E-state index in [1.54, 1.807) is 7.11 Å². The van der Waals surface area contributed by atoms with Crippen LogP contribution in [0.3, 0.4) is 0 Å². The number of hydrogen-bond donors (Lipinski definition) is 3. The number of halogens is 1. The molecule has 0 aliphatic heterocycles. The molecule has 9 nitrogen and oxygen atoms in total. The minimum atomic E-state index is -1.07. The molecule has 1 unspecified atom stereocenters. The average molecular weight is 698 g/mol. The van der Waals surface area contributed by atoms with Crippen LogP contribution in [0, 0.1) is 11.3 Å². The molecule has 1 aromatic rings. The first-order valence-electron chi connectivity index (χ1n) is 14.6. The Balaban J connectivity index is 1.77. The van der Waals surface area contributed by atoms with Crippen LogP contribution >= 0.6 is 0 Å². The van der Waals surface area contributed by atoms with Crippen molar-refractivity contribution in [1.29, 1.82) is 0 Å². The Labute approximate surface area is 262 Å². The van der Waals surface area contributed by atoms with Crippen molar-refractivity contribution in [3.63, 3.8) is 0 Å². The van der Waals surface area contributed by atoms with E-state index in [1.807, 2.05) is 13.0 Å². The molecule has 0 saturated carbocycles. The molecule has 0 aromatic carbocycles. The van der Waals surface area contributed by atoms with Crippen molar-refractivity contribution in [2.45, 2.75) is 60.3 Å². The number of carboxylic acids is 1. The summed E-state index contributed by atoms with van der Waals surface area (Å²) in [5, 5.41) is 16.9. The number of hydrogen-bond acceptors (Lipinski definition) is 7. The van der Waals surface area contributed by atoms with Gasteiger partial charge in [0.2, 0.25) is 5.88 Å². The molecular formula is C32H50IN4O5-. The van der Waals surface area contributed by atoms with E-state index in [2.05, 4.69) is 72.0 Å². The normalized spacial score (nSPS) is 18.7. The van der Waals surface area contributed by atoms with Gasteiger partial charge in [0, 0.05) is 6.54 Å². The fraction of sp³-hybridized carbons (Fsp3) is 0.562. The van der Waals surface area contributed by atoms with Gasteiger partial charge >= 0.3 is 159 Å². The molecule has 1 heterocycles. The van der Waals surface area contributed by atoms with Gasteiger partial charge in [0.25, 0.3) is 0 Å². The summed E-state index contributed by atoms with van der Waals surface area (Å²) in [7, 11) is 3.20. The number of methoxy groups -OCH3 is 2. The number of alkyl halides is 1. The molecule has 10 heteroatoms. The maximum Gasteiger partial charge on any atom is 0.342 e. The fourth-order valence-electron chi connectivity index (χ4n) is 4.96. The third-order valence-electron chi connectivity index (χ3n) is 6.90. The summed E-state index contributed by atoms with van der Waals surface area (Å²) < 4.78 is 22.6. The number of aromatic nitrogens is 2. The number of aromatic carboxylic acids is 1. The monoisotopic (exact) mass is 697 g/mol. The molecule has 236 valence electrons. The first kappa shape index (κ1) is 35.8. The molecule has 0 fully saturated rings. The van der Waals surface area contributed by atoms with Gasteiger partial charge in [0.1, 0.15) is 11.4 Å². The van der Waals surface area contributed by atoms with Crippen LogP contribution in [0.2, 0.25) is 0 Å². The second-order valence-corrected chi connectivity index (χ2v) is 12.9. The van der Waals surface area contributed by atoms with Crippen LogP contribution in [0.1, 0.15) is 70.7 Å². The van der Waals surface area contributed by atoms with Crippen LogP contribution < -0.4 is 35.1 Å². The predicted molar refractivity (Wildman–Crippen MR) is 165 cm³/mol. The summed E-state index contributed by atoms with van der Waals surface area (Å²) in [5.41, 5.74) is 4.43. The zero-order chi connectivity index (χ0) is 31.0. The summed E-state index contributed by atoms with van der Waals surface area (Å²) in [5.74, 6) is 0.141. The van der Waals surface area contributed by atoms with Gasteiger partial charge in [-0.2, -0.15) is 9.78 Å². The number of nitrogens with zero attached hydrogens (tertiary/aromatic N) is 2. The SMILES string of the molecule is CC/C=C(\NCC/C=C/C=C\[C@H](C)COCC1(C)C=C(C)C(CN[I-]COC)=C(CC)C1)n1ncc(C(=O)O)c1OC. The summed E-state index contributed by atoms with van der Waals surface area (Å²) in [6, 6.07) is 0. The van der Waals surface area contributed by atoms with Crippen molar-refractivity contribution >= 4 is 11.8 Å². The molecule has 0 radical (unpaired) electrons. The number of carbonyl (C=O) groups is 1. The third kappa shape index (κ3) is 11.3. The summed E-state index contributed by atoms with van der Waals surface area (Å²) >= 11 is -0.114. The molecule has 0 amide bonds. The molecule has 2 atom stereocenters. The second-order valence-electron chi connectivity index (χ2n) is 10.7. The Morgan fingerprint density at radius 2 is 2.10 bits per heavy atom. The van der Waals surface area contributed by atoms with Crippen molar-refractivity contribution in [2.24, 2.45) is 11.3 Å². The quantitative estimate of drug-likeness (QED) is 0.0629. The fourth-order valence-corrected chi connectivity index (χ4v) is 6.14. The Hall–Kier alpha value is -2.41. The van der Waals surface area contributed by atoms with Crippen molar-refractivity contribution in [3.8, 4) is 5.88 Å². The predicted octanol–water partition coefficient (Wildman–Crippen LogP) is 2.80. The molecule has 42 heavy (non-hydrogen) atoms. The number of rotatable bonds is 20. The van der Waals surface area contributed by atoms with Crippen LogP contribution in [0.4, 0.5) is 0 Å². The number of nitrogens with one attached hydrogen (secondary N) is 2. The van der Waals surface area contributed by atoms with Gasteiger partial charge in [0.05, 0.1) is 13.3 Å². The molecule has 2 rings (SSSR count). The largest absolute Gasteiger partial charge is 0.480 e. The molecule has 1 aliphatic rings. The van der Waals surface area contributed by atoms with Crippen LogP contribution in [0.25, 0.3) is 5.82 Å². The smallest absolute Gasteiger partial charge is 0.342 e. The van der Waals surface area contributed by atoms with Gasteiger partial charge in [-0.1, -0.05) is 19.1 Å². The van der Waals surface area contributed by atoms with E-state index in [4.69, 9.17) is 14.2 Å². The zero-order valence-corrected chi connectivity index (χ0v) is 28.5. The number of carboxylic acid groups (broad SMARTS) is 1. The second kappa shape index (κ2) is 19.0. The van der Waals surface area contributed by atoms with Gasteiger partial charge < -0.3 is 15.2 Å². The maximum atomic E-state index is 11.4. The van der Waals surface area contributed by atoms with Crippen molar-refractivity contribution in [2.75, 3.05) is 45.1 Å².